The molecule has 1 amide bonds. The SMILES string of the molecule is Cc1ccc(C(=O)N2CCNCC2)cc1S(C)(=O)=O. The summed E-state index contributed by atoms with van der Waals surface area (Å²) in [7, 11) is -3.30. The lowest BCUT2D eigenvalue weighted by Crippen LogP contribution is -2.46. The minimum Gasteiger partial charge on any atom is -0.336 e. The summed E-state index contributed by atoms with van der Waals surface area (Å²) >= 11 is 0. The first-order valence-corrected chi connectivity index (χ1v) is 8.09. The highest BCUT2D eigenvalue weighted by atomic mass is 32.2. The van der Waals surface area contributed by atoms with E-state index in [1.54, 1.807) is 24.0 Å². The second kappa shape index (κ2) is 5.30. The largest absolute Gasteiger partial charge is 0.336 e. The Hall–Kier alpha value is -1.40. The zero-order chi connectivity index (χ0) is 14.0. The van der Waals surface area contributed by atoms with Crippen molar-refractivity contribution < 1.29 is 13.2 Å². The quantitative estimate of drug-likeness (QED) is 0.855. The van der Waals surface area contributed by atoms with Gasteiger partial charge in [0.1, 0.15) is 0 Å². The Balaban J connectivity index is 2.33. The van der Waals surface area contributed by atoms with Crippen molar-refractivity contribution >= 4 is 15.7 Å². The third-order valence-electron chi connectivity index (χ3n) is 3.24. The van der Waals surface area contributed by atoms with E-state index in [9.17, 15) is 13.2 Å². The Bertz CT molecular complexity index is 590. The van der Waals surface area contributed by atoms with Gasteiger partial charge >= 0.3 is 0 Å². The van der Waals surface area contributed by atoms with Crippen LogP contribution in [0.5, 0.6) is 0 Å². The zero-order valence-corrected chi connectivity index (χ0v) is 12.0. The fraction of sp³-hybridized carbons (Fsp3) is 0.462. The van der Waals surface area contributed by atoms with E-state index in [0.717, 1.165) is 19.3 Å². The van der Waals surface area contributed by atoms with E-state index in [4.69, 9.17) is 0 Å². The van der Waals surface area contributed by atoms with Gasteiger partial charge in [0.25, 0.3) is 5.91 Å². The number of hydrogen-bond acceptors (Lipinski definition) is 4. The van der Waals surface area contributed by atoms with E-state index in [2.05, 4.69) is 5.32 Å². The van der Waals surface area contributed by atoms with Crippen molar-refractivity contribution in [2.75, 3.05) is 32.4 Å². The highest BCUT2D eigenvalue weighted by molar-refractivity contribution is 7.90. The molecule has 19 heavy (non-hydrogen) atoms. The number of piperazine rings is 1. The maximum Gasteiger partial charge on any atom is 0.253 e. The molecule has 0 atom stereocenters. The number of carbonyl (C=O) groups excluding carboxylic acids is 1. The molecule has 1 aromatic rings. The average molecular weight is 282 g/mol. The number of aryl methyl sites for hydroxylation is 1. The van der Waals surface area contributed by atoms with Crippen molar-refractivity contribution in [1.29, 1.82) is 0 Å². The van der Waals surface area contributed by atoms with Crippen LogP contribution < -0.4 is 5.32 Å². The molecule has 1 saturated heterocycles. The van der Waals surface area contributed by atoms with Gasteiger partial charge < -0.3 is 10.2 Å². The Kier molecular flexibility index (Phi) is 3.91. The normalized spacial score (nSPS) is 16.4. The van der Waals surface area contributed by atoms with Crippen molar-refractivity contribution in [2.45, 2.75) is 11.8 Å². The van der Waals surface area contributed by atoms with Gasteiger partial charge in [-0.1, -0.05) is 6.07 Å². The van der Waals surface area contributed by atoms with Gasteiger partial charge in [0, 0.05) is 38.0 Å². The molecule has 1 aliphatic rings. The van der Waals surface area contributed by atoms with Gasteiger partial charge in [0.2, 0.25) is 0 Å². The molecule has 0 unspecified atom stereocenters. The molecule has 1 fully saturated rings. The van der Waals surface area contributed by atoms with Gasteiger partial charge in [0.15, 0.2) is 9.84 Å². The summed E-state index contributed by atoms with van der Waals surface area (Å²) in [6.45, 7) is 4.59. The Labute approximate surface area is 113 Å². The molecular formula is C13H18N2O3S. The molecule has 5 nitrogen and oxygen atoms in total. The van der Waals surface area contributed by atoms with Crippen LogP contribution in [-0.4, -0.2) is 51.7 Å². The summed E-state index contributed by atoms with van der Waals surface area (Å²) in [5, 5.41) is 3.18. The van der Waals surface area contributed by atoms with Crippen LogP contribution in [0, 0.1) is 6.92 Å². The van der Waals surface area contributed by atoms with Crippen LogP contribution in [0.2, 0.25) is 0 Å². The van der Waals surface area contributed by atoms with Crippen molar-refractivity contribution in [3.05, 3.63) is 29.3 Å². The third kappa shape index (κ3) is 3.13. The van der Waals surface area contributed by atoms with Gasteiger partial charge in [0.05, 0.1) is 4.90 Å². The number of carbonyl (C=O) groups is 1. The minimum absolute atomic E-state index is 0.105. The van der Waals surface area contributed by atoms with Crippen LogP contribution in [0.15, 0.2) is 23.1 Å². The molecule has 0 bridgehead atoms. The fourth-order valence-electron chi connectivity index (χ4n) is 2.18. The second-order valence-electron chi connectivity index (χ2n) is 4.79. The van der Waals surface area contributed by atoms with E-state index >= 15 is 0 Å². The fourth-order valence-corrected chi connectivity index (χ4v) is 3.18. The molecule has 0 aliphatic carbocycles. The van der Waals surface area contributed by atoms with E-state index in [-0.39, 0.29) is 10.8 Å². The number of nitrogens with zero attached hydrogens (tertiary/aromatic N) is 1. The van der Waals surface area contributed by atoms with Gasteiger partial charge in [-0.2, -0.15) is 0 Å². The van der Waals surface area contributed by atoms with E-state index in [0.29, 0.717) is 24.2 Å². The Morgan fingerprint density at radius 1 is 1.26 bits per heavy atom. The maximum absolute atomic E-state index is 12.3. The summed E-state index contributed by atoms with van der Waals surface area (Å²) in [4.78, 5) is 14.3. The number of benzene rings is 1. The van der Waals surface area contributed by atoms with Crippen LogP contribution in [0.4, 0.5) is 0 Å². The first kappa shape index (κ1) is 14.0. The second-order valence-corrected chi connectivity index (χ2v) is 6.78. The smallest absolute Gasteiger partial charge is 0.253 e. The first-order valence-electron chi connectivity index (χ1n) is 6.20. The summed E-state index contributed by atoms with van der Waals surface area (Å²) in [6, 6.07) is 4.86. The van der Waals surface area contributed by atoms with Crippen LogP contribution in [-0.2, 0) is 9.84 Å². The maximum atomic E-state index is 12.3. The van der Waals surface area contributed by atoms with Gasteiger partial charge in [-0.25, -0.2) is 8.42 Å². The highest BCUT2D eigenvalue weighted by Crippen LogP contribution is 2.18. The van der Waals surface area contributed by atoms with Crippen LogP contribution in [0.1, 0.15) is 15.9 Å². The lowest BCUT2D eigenvalue weighted by Gasteiger charge is -2.27. The molecule has 1 aliphatic heterocycles. The van der Waals surface area contributed by atoms with Gasteiger partial charge in [-0.05, 0) is 24.6 Å². The van der Waals surface area contributed by atoms with Crippen molar-refractivity contribution in [3.8, 4) is 0 Å². The van der Waals surface area contributed by atoms with Crippen molar-refractivity contribution in [2.24, 2.45) is 0 Å². The van der Waals surface area contributed by atoms with Gasteiger partial charge in [-0.3, -0.25) is 4.79 Å². The molecule has 1 aromatic carbocycles. The molecule has 0 saturated carbocycles. The summed E-state index contributed by atoms with van der Waals surface area (Å²) in [5.74, 6) is -0.105. The average Bonchev–Trinajstić information content (AvgIpc) is 2.38. The van der Waals surface area contributed by atoms with Crippen molar-refractivity contribution in [1.82, 2.24) is 10.2 Å². The topological polar surface area (TPSA) is 66.5 Å². The number of rotatable bonds is 2. The standard InChI is InChI=1S/C13H18N2O3S/c1-10-3-4-11(9-12(10)19(2,17)18)13(16)15-7-5-14-6-8-15/h3-4,9,14H,5-8H2,1-2H3. The number of hydrogen-bond donors (Lipinski definition) is 1. The first-order chi connectivity index (χ1) is 8.89. The minimum atomic E-state index is -3.30. The summed E-state index contributed by atoms with van der Waals surface area (Å²) in [6.07, 6.45) is 1.16. The molecule has 0 spiro atoms. The summed E-state index contributed by atoms with van der Waals surface area (Å²) in [5.41, 5.74) is 1.10. The molecule has 0 aromatic heterocycles. The van der Waals surface area contributed by atoms with E-state index in [1.807, 2.05) is 0 Å². The van der Waals surface area contributed by atoms with Gasteiger partial charge in [-0.15, -0.1) is 0 Å². The monoisotopic (exact) mass is 282 g/mol. The van der Waals surface area contributed by atoms with Crippen LogP contribution >= 0.6 is 0 Å². The molecule has 6 heteroatoms. The Morgan fingerprint density at radius 2 is 1.89 bits per heavy atom. The number of sulfone groups is 1. The number of nitrogens with one attached hydrogen (secondary N) is 1. The molecular weight excluding hydrogens is 264 g/mol. The van der Waals surface area contributed by atoms with E-state index < -0.39 is 9.84 Å². The number of amides is 1. The molecule has 104 valence electrons. The zero-order valence-electron chi connectivity index (χ0n) is 11.1. The predicted molar refractivity (Wildman–Crippen MR) is 73.1 cm³/mol. The Morgan fingerprint density at radius 3 is 2.47 bits per heavy atom. The predicted octanol–water partition coefficient (Wildman–Crippen LogP) is 0.444. The molecule has 1 N–H and O–H groups in total. The summed E-state index contributed by atoms with van der Waals surface area (Å²) < 4.78 is 23.3. The van der Waals surface area contributed by atoms with Crippen LogP contribution in [0.25, 0.3) is 0 Å². The highest BCUT2D eigenvalue weighted by Gasteiger charge is 2.20. The van der Waals surface area contributed by atoms with Crippen molar-refractivity contribution in [3.63, 3.8) is 0 Å². The van der Waals surface area contributed by atoms with Crippen LogP contribution in [0.3, 0.4) is 0 Å². The van der Waals surface area contributed by atoms with E-state index in [1.165, 1.54) is 6.07 Å². The molecule has 1 heterocycles. The third-order valence-corrected chi connectivity index (χ3v) is 4.48. The molecule has 0 radical (unpaired) electrons. The lowest BCUT2D eigenvalue weighted by atomic mass is 10.1. The lowest BCUT2D eigenvalue weighted by molar-refractivity contribution is 0.0735. The molecule has 2 rings (SSSR count).